The highest BCUT2D eigenvalue weighted by atomic mass is 32.2. The van der Waals surface area contributed by atoms with Gasteiger partial charge in [0.1, 0.15) is 0 Å². The van der Waals surface area contributed by atoms with Crippen LogP contribution in [0, 0.1) is 17.5 Å². The van der Waals surface area contributed by atoms with Crippen LogP contribution in [0.3, 0.4) is 0 Å². The van der Waals surface area contributed by atoms with Gasteiger partial charge in [0.25, 0.3) is 5.91 Å². The average Bonchev–Trinajstić information content (AvgIpc) is 2.80. The Balaban J connectivity index is 1.69. The van der Waals surface area contributed by atoms with Crippen LogP contribution >= 0.6 is 0 Å². The molecule has 0 saturated carbocycles. The Kier molecular flexibility index (Phi) is 7.19. The summed E-state index contributed by atoms with van der Waals surface area (Å²) in [4.78, 5) is 24.6. The fourth-order valence-corrected chi connectivity index (χ4v) is 4.74. The van der Waals surface area contributed by atoms with Crippen LogP contribution in [0.25, 0.3) is 0 Å². The molecule has 32 heavy (non-hydrogen) atoms. The van der Waals surface area contributed by atoms with Crippen LogP contribution < -0.4 is 5.32 Å². The summed E-state index contributed by atoms with van der Waals surface area (Å²) in [6, 6.07) is 6.70. The summed E-state index contributed by atoms with van der Waals surface area (Å²) in [5.41, 5.74) is -0.715. The lowest BCUT2D eigenvalue weighted by Crippen LogP contribution is -2.35. The van der Waals surface area contributed by atoms with Gasteiger partial charge in [-0.2, -0.15) is 4.31 Å². The van der Waals surface area contributed by atoms with Crippen molar-refractivity contribution < 1.29 is 35.9 Å². The molecule has 1 heterocycles. The van der Waals surface area contributed by atoms with Crippen molar-refractivity contribution in [2.45, 2.75) is 37.2 Å². The standard InChI is InChI=1S/C21H21F3N2O5S/c1-13(20(27)25-17-9-8-16(22)18(23)19(17)24)31-21(28)14-6-5-7-15(12-14)32(29,30)26-10-3-2-4-11-26/h5-9,12-13H,2-4,10-11H2,1H3,(H,25,27). The number of hydrogen-bond donors (Lipinski definition) is 1. The minimum Gasteiger partial charge on any atom is -0.449 e. The predicted molar refractivity (Wildman–Crippen MR) is 109 cm³/mol. The highest BCUT2D eigenvalue weighted by Gasteiger charge is 2.27. The SMILES string of the molecule is CC(OC(=O)c1cccc(S(=O)(=O)N2CCCCC2)c1)C(=O)Nc1ccc(F)c(F)c1F. The summed E-state index contributed by atoms with van der Waals surface area (Å²) in [7, 11) is -3.78. The van der Waals surface area contributed by atoms with Gasteiger partial charge in [0.2, 0.25) is 10.0 Å². The van der Waals surface area contributed by atoms with Crippen molar-refractivity contribution in [1.82, 2.24) is 4.31 Å². The maximum atomic E-state index is 13.7. The van der Waals surface area contributed by atoms with Crippen molar-refractivity contribution in [1.29, 1.82) is 0 Å². The summed E-state index contributed by atoms with van der Waals surface area (Å²) >= 11 is 0. The van der Waals surface area contributed by atoms with E-state index in [0.29, 0.717) is 19.2 Å². The molecular formula is C21H21F3N2O5S. The van der Waals surface area contributed by atoms with Crippen LogP contribution in [0.1, 0.15) is 36.5 Å². The van der Waals surface area contributed by atoms with E-state index >= 15 is 0 Å². The third kappa shape index (κ3) is 5.10. The normalized spacial score (nSPS) is 15.8. The smallest absolute Gasteiger partial charge is 0.338 e. The molecule has 1 unspecified atom stereocenters. The van der Waals surface area contributed by atoms with Crippen LogP contribution in [0.5, 0.6) is 0 Å². The predicted octanol–water partition coefficient (Wildman–Crippen LogP) is 3.46. The number of esters is 1. The molecule has 0 aromatic heterocycles. The van der Waals surface area contributed by atoms with Crippen molar-refractivity contribution in [2.75, 3.05) is 18.4 Å². The number of carbonyl (C=O) groups excluding carboxylic acids is 2. The maximum Gasteiger partial charge on any atom is 0.338 e. The number of carbonyl (C=O) groups is 2. The molecule has 1 aliphatic rings. The fourth-order valence-electron chi connectivity index (χ4n) is 3.18. The van der Waals surface area contributed by atoms with E-state index in [4.69, 9.17) is 4.74 Å². The molecule has 1 fully saturated rings. The summed E-state index contributed by atoms with van der Waals surface area (Å²) < 4.78 is 72.0. The first-order valence-corrected chi connectivity index (χ1v) is 11.3. The van der Waals surface area contributed by atoms with Crippen LogP contribution in [0.4, 0.5) is 18.9 Å². The van der Waals surface area contributed by atoms with E-state index in [9.17, 15) is 31.2 Å². The van der Waals surface area contributed by atoms with E-state index in [-0.39, 0.29) is 10.5 Å². The molecule has 11 heteroatoms. The Labute approximate surface area is 183 Å². The van der Waals surface area contributed by atoms with Gasteiger partial charge in [0.15, 0.2) is 23.6 Å². The lowest BCUT2D eigenvalue weighted by Gasteiger charge is -2.26. The van der Waals surface area contributed by atoms with Crippen molar-refractivity contribution in [3.8, 4) is 0 Å². The first kappa shape index (κ1) is 23.7. The van der Waals surface area contributed by atoms with E-state index in [1.54, 1.807) is 0 Å². The summed E-state index contributed by atoms with van der Waals surface area (Å²) in [5.74, 6) is -6.72. The molecule has 1 amide bonds. The Morgan fingerprint density at radius 2 is 1.72 bits per heavy atom. The molecule has 3 rings (SSSR count). The lowest BCUT2D eigenvalue weighted by molar-refractivity contribution is -0.123. The van der Waals surface area contributed by atoms with Crippen molar-refractivity contribution >= 4 is 27.6 Å². The molecule has 2 aromatic rings. The summed E-state index contributed by atoms with van der Waals surface area (Å²) in [6.07, 6.45) is 1.03. The van der Waals surface area contributed by atoms with Crippen molar-refractivity contribution in [2.24, 2.45) is 0 Å². The van der Waals surface area contributed by atoms with Gasteiger partial charge in [-0.3, -0.25) is 4.79 Å². The Bertz CT molecular complexity index is 1130. The van der Waals surface area contributed by atoms with Crippen LogP contribution in [-0.4, -0.2) is 43.8 Å². The molecule has 0 radical (unpaired) electrons. The van der Waals surface area contributed by atoms with E-state index in [2.05, 4.69) is 0 Å². The van der Waals surface area contributed by atoms with Crippen LogP contribution in [0.2, 0.25) is 0 Å². The van der Waals surface area contributed by atoms with Gasteiger partial charge in [-0.05, 0) is 50.1 Å². The number of benzene rings is 2. The fraction of sp³-hybridized carbons (Fsp3) is 0.333. The minimum absolute atomic E-state index is 0.0742. The zero-order valence-electron chi connectivity index (χ0n) is 17.1. The number of halogens is 3. The number of rotatable bonds is 6. The Morgan fingerprint density at radius 3 is 2.41 bits per heavy atom. The quantitative estimate of drug-likeness (QED) is 0.516. The van der Waals surface area contributed by atoms with Crippen LogP contribution in [0.15, 0.2) is 41.3 Å². The van der Waals surface area contributed by atoms with E-state index in [1.807, 2.05) is 5.32 Å². The number of ether oxygens (including phenoxy) is 1. The molecule has 7 nitrogen and oxygen atoms in total. The molecule has 172 valence electrons. The number of nitrogens with one attached hydrogen (secondary N) is 1. The molecular weight excluding hydrogens is 449 g/mol. The molecule has 2 aromatic carbocycles. The third-order valence-electron chi connectivity index (χ3n) is 4.97. The van der Waals surface area contributed by atoms with E-state index < -0.39 is 51.1 Å². The monoisotopic (exact) mass is 470 g/mol. The molecule has 1 atom stereocenters. The zero-order valence-corrected chi connectivity index (χ0v) is 17.9. The van der Waals surface area contributed by atoms with Crippen molar-refractivity contribution in [3.63, 3.8) is 0 Å². The molecule has 0 aliphatic carbocycles. The first-order valence-electron chi connectivity index (χ1n) is 9.87. The van der Waals surface area contributed by atoms with E-state index in [1.165, 1.54) is 29.4 Å². The number of anilines is 1. The summed E-state index contributed by atoms with van der Waals surface area (Å²) in [5, 5.41) is 2.01. The number of hydrogen-bond acceptors (Lipinski definition) is 5. The zero-order chi connectivity index (χ0) is 23.5. The van der Waals surface area contributed by atoms with Gasteiger partial charge < -0.3 is 10.1 Å². The van der Waals surface area contributed by atoms with Crippen molar-refractivity contribution in [3.05, 3.63) is 59.4 Å². The molecule has 1 N–H and O–H groups in total. The van der Waals surface area contributed by atoms with Gasteiger partial charge in [-0.15, -0.1) is 0 Å². The number of sulfonamides is 1. The summed E-state index contributed by atoms with van der Waals surface area (Å²) in [6.45, 7) is 1.99. The van der Waals surface area contributed by atoms with Gasteiger partial charge in [0, 0.05) is 13.1 Å². The third-order valence-corrected chi connectivity index (χ3v) is 6.86. The molecule has 0 spiro atoms. The van der Waals surface area contributed by atoms with E-state index in [0.717, 1.165) is 31.4 Å². The minimum atomic E-state index is -3.78. The molecule has 1 saturated heterocycles. The highest BCUT2D eigenvalue weighted by molar-refractivity contribution is 7.89. The topological polar surface area (TPSA) is 92.8 Å². The Morgan fingerprint density at radius 1 is 1.03 bits per heavy atom. The number of piperidine rings is 1. The highest BCUT2D eigenvalue weighted by Crippen LogP contribution is 2.22. The maximum absolute atomic E-state index is 13.7. The Hall–Kier alpha value is -2.92. The lowest BCUT2D eigenvalue weighted by atomic mass is 10.2. The second kappa shape index (κ2) is 9.70. The second-order valence-corrected chi connectivity index (χ2v) is 9.19. The largest absolute Gasteiger partial charge is 0.449 e. The molecule has 1 aliphatic heterocycles. The average molecular weight is 470 g/mol. The number of amides is 1. The first-order chi connectivity index (χ1) is 15.1. The van der Waals surface area contributed by atoms with Gasteiger partial charge in [-0.1, -0.05) is 12.5 Å². The second-order valence-electron chi connectivity index (χ2n) is 7.25. The molecule has 0 bridgehead atoms. The van der Waals surface area contributed by atoms with Gasteiger partial charge >= 0.3 is 5.97 Å². The van der Waals surface area contributed by atoms with Crippen LogP contribution in [-0.2, 0) is 19.6 Å². The van der Waals surface area contributed by atoms with Gasteiger partial charge in [-0.25, -0.2) is 26.4 Å². The number of nitrogens with zero attached hydrogens (tertiary/aromatic N) is 1. The van der Waals surface area contributed by atoms with Gasteiger partial charge in [0.05, 0.1) is 16.1 Å².